The average molecular weight is 527 g/mol. The molecule has 1 aliphatic carbocycles. The predicted molar refractivity (Wildman–Crippen MR) is 135 cm³/mol. The number of nitrogens with zero attached hydrogens (tertiary/aromatic N) is 1. The number of Topliss-reactive ketones (excluding diaryl/α,β-unsaturated/α-hetero) is 1. The van der Waals surface area contributed by atoms with Crippen molar-refractivity contribution in [3.05, 3.63) is 100 Å². The first kappa shape index (κ1) is 24.9. The monoisotopic (exact) mass is 526 g/mol. The fourth-order valence-electron chi connectivity index (χ4n) is 5.07. The van der Waals surface area contributed by atoms with Crippen molar-refractivity contribution >= 4 is 34.7 Å². The van der Waals surface area contributed by atoms with Crippen LogP contribution in [-0.4, -0.2) is 25.0 Å². The molecule has 0 aromatic heterocycles. The molecule has 0 bridgehead atoms. The third kappa shape index (κ3) is 4.69. The number of hydrogen-bond acceptors (Lipinski definition) is 4. The number of nitrogens with one attached hydrogen (secondary N) is 1. The van der Waals surface area contributed by atoms with Gasteiger partial charge in [0, 0.05) is 22.7 Å². The maximum absolute atomic E-state index is 14.0. The highest BCUT2D eigenvalue weighted by Crippen LogP contribution is 2.49. The molecule has 5 nitrogen and oxygen atoms in total. The van der Waals surface area contributed by atoms with E-state index in [9.17, 15) is 22.8 Å². The number of ketones is 1. The van der Waals surface area contributed by atoms with Crippen LogP contribution in [0.4, 0.5) is 24.5 Å². The molecule has 3 aromatic carbocycles. The van der Waals surface area contributed by atoms with E-state index in [1.807, 2.05) is 30.3 Å². The van der Waals surface area contributed by atoms with Crippen LogP contribution in [0.15, 0.2) is 84.1 Å². The van der Waals surface area contributed by atoms with Crippen molar-refractivity contribution in [3.63, 3.8) is 0 Å². The fraction of sp³-hybridized carbons (Fsp3) is 0.214. The fourth-order valence-corrected chi connectivity index (χ4v) is 5.24. The summed E-state index contributed by atoms with van der Waals surface area (Å²) in [5.41, 5.74) is 2.02. The van der Waals surface area contributed by atoms with Crippen LogP contribution in [0.2, 0.25) is 5.02 Å². The predicted octanol–water partition coefficient (Wildman–Crippen LogP) is 6.81. The Labute approximate surface area is 216 Å². The SMILES string of the molecule is COc1cccc([C@H]2C3=C(C[C@H](c4ccccc4)CC3=O)Nc3cc(Cl)ccc3N2C(=O)C(F)(F)F)c1. The first-order valence-electron chi connectivity index (χ1n) is 11.6. The normalized spacial score (nSPS) is 19.5. The molecule has 1 aliphatic heterocycles. The van der Waals surface area contributed by atoms with E-state index in [4.69, 9.17) is 16.3 Å². The lowest BCUT2D eigenvalue weighted by atomic mass is 9.78. The van der Waals surface area contributed by atoms with Crippen molar-refractivity contribution in [3.8, 4) is 5.75 Å². The Balaban J connectivity index is 1.77. The Morgan fingerprint density at radius 2 is 1.73 bits per heavy atom. The lowest BCUT2D eigenvalue weighted by Crippen LogP contribution is -2.45. The minimum atomic E-state index is -5.19. The van der Waals surface area contributed by atoms with Gasteiger partial charge in [-0.3, -0.25) is 14.5 Å². The minimum absolute atomic E-state index is 0.0296. The summed E-state index contributed by atoms with van der Waals surface area (Å²) in [4.78, 5) is 27.4. The zero-order valence-corrected chi connectivity index (χ0v) is 20.4. The summed E-state index contributed by atoms with van der Waals surface area (Å²) in [5, 5.41) is 3.45. The molecule has 0 saturated carbocycles. The minimum Gasteiger partial charge on any atom is -0.497 e. The molecule has 190 valence electrons. The second-order valence-corrected chi connectivity index (χ2v) is 9.41. The molecular weight excluding hydrogens is 505 g/mol. The molecule has 0 fully saturated rings. The van der Waals surface area contributed by atoms with Gasteiger partial charge in [-0.1, -0.05) is 54.1 Å². The summed E-state index contributed by atoms with van der Waals surface area (Å²) < 4.78 is 47.3. The van der Waals surface area contributed by atoms with Crippen LogP contribution in [0.25, 0.3) is 0 Å². The number of halogens is 4. The Bertz CT molecular complexity index is 1410. The number of amides is 1. The van der Waals surface area contributed by atoms with Crippen LogP contribution >= 0.6 is 11.6 Å². The van der Waals surface area contributed by atoms with Gasteiger partial charge >= 0.3 is 12.1 Å². The number of benzene rings is 3. The number of rotatable bonds is 3. The maximum Gasteiger partial charge on any atom is 0.471 e. The number of fused-ring (bicyclic) bond motifs is 1. The second-order valence-electron chi connectivity index (χ2n) is 8.97. The van der Waals surface area contributed by atoms with E-state index in [1.165, 1.54) is 25.3 Å². The van der Waals surface area contributed by atoms with Crippen molar-refractivity contribution in [1.82, 2.24) is 0 Å². The lowest BCUT2D eigenvalue weighted by molar-refractivity contribution is -0.170. The molecule has 0 unspecified atom stereocenters. The lowest BCUT2D eigenvalue weighted by Gasteiger charge is -2.35. The van der Waals surface area contributed by atoms with E-state index >= 15 is 0 Å². The van der Waals surface area contributed by atoms with E-state index in [2.05, 4.69) is 5.32 Å². The van der Waals surface area contributed by atoms with Gasteiger partial charge in [-0.25, -0.2) is 0 Å². The third-order valence-electron chi connectivity index (χ3n) is 6.68. The van der Waals surface area contributed by atoms with Gasteiger partial charge in [0.15, 0.2) is 5.78 Å². The zero-order chi connectivity index (χ0) is 26.3. The van der Waals surface area contributed by atoms with Crippen LogP contribution in [0.3, 0.4) is 0 Å². The molecule has 1 amide bonds. The van der Waals surface area contributed by atoms with Crippen LogP contribution in [0.5, 0.6) is 5.75 Å². The Kier molecular flexibility index (Phi) is 6.45. The van der Waals surface area contributed by atoms with E-state index in [1.54, 1.807) is 24.3 Å². The summed E-state index contributed by atoms with van der Waals surface area (Å²) in [6, 6.07) is 18.8. The van der Waals surface area contributed by atoms with Crippen molar-refractivity contribution in [2.75, 3.05) is 17.3 Å². The summed E-state index contributed by atoms with van der Waals surface area (Å²) in [6.07, 6.45) is -4.73. The van der Waals surface area contributed by atoms with Gasteiger partial charge in [0.25, 0.3) is 0 Å². The van der Waals surface area contributed by atoms with E-state index in [-0.39, 0.29) is 40.1 Å². The Hall–Kier alpha value is -3.78. The van der Waals surface area contributed by atoms with Gasteiger partial charge in [0.2, 0.25) is 0 Å². The molecule has 1 N–H and O–H groups in total. The standard InChI is InChI=1S/C28H22ClF3N2O3/c1-37-20-9-5-8-17(12-20)26-25-22(13-18(14-24(25)35)16-6-3-2-4-7-16)33-21-15-19(29)10-11-23(21)34(26)27(36)28(30,31)32/h2-12,15,18,26,33H,13-14H2,1H3/t18-,26-/m0/s1. The highest BCUT2D eigenvalue weighted by Gasteiger charge is 2.50. The molecule has 2 atom stereocenters. The Morgan fingerprint density at radius 3 is 2.43 bits per heavy atom. The first-order valence-corrected chi connectivity index (χ1v) is 12.0. The molecule has 37 heavy (non-hydrogen) atoms. The molecule has 0 spiro atoms. The Morgan fingerprint density at radius 1 is 1.00 bits per heavy atom. The van der Waals surface area contributed by atoms with Crippen LogP contribution in [0.1, 0.15) is 35.9 Å². The van der Waals surface area contributed by atoms with Gasteiger partial charge in [-0.05, 0) is 53.8 Å². The van der Waals surface area contributed by atoms with Crippen molar-refractivity contribution in [1.29, 1.82) is 0 Å². The van der Waals surface area contributed by atoms with E-state index in [0.717, 1.165) is 5.56 Å². The molecule has 2 aliphatic rings. The smallest absolute Gasteiger partial charge is 0.471 e. The number of hydrogen-bond donors (Lipinski definition) is 1. The molecule has 3 aromatic rings. The molecule has 0 radical (unpaired) electrons. The number of anilines is 2. The largest absolute Gasteiger partial charge is 0.497 e. The van der Waals surface area contributed by atoms with Gasteiger partial charge < -0.3 is 10.1 Å². The molecular formula is C28H22ClF3N2O3. The number of carbonyl (C=O) groups excluding carboxylic acids is 2. The molecule has 0 saturated heterocycles. The third-order valence-corrected chi connectivity index (χ3v) is 6.92. The summed E-state index contributed by atoms with van der Waals surface area (Å²) in [5.74, 6) is -2.22. The highest BCUT2D eigenvalue weighted by atomic mass is 35.5. The van der Waals surface area contributed by atoms with Crippen LogP contribution < -0.4 is 15.0 Å². The number of alkyl halides is 3. The van der Waals surface area contributed by atoms with Crippen molar-refractivity contribution in [2.24, 2.45) is 0 Å². The summed E-state index contributed by atoms with van der Waals surface area (Å²) in [6.45, 7) is 0. The molecule has 1 heterocycles. The average Bonchev–Trinajstić information content (AvgIpc) is 3.02. The topological polar surface area (TPSA) is 58.6 Å². The van der Waals surface area contributed by atoms with Crippen molar-refractivity contribution in [2.45, 2.75) is 31.0 Å². The highest BCUT2D eigenvalue weighted by molar-refractivity contribution is 6.31. The number of methoxy groups -OCH3 is 1. The molecule has 9 heteroatoms. The maximum atomic E-state index is 14.0. The second kappa shape index (κ2) is 9.59. The van der Waals surface area contributed by atoms with Crippen LogP contribution in [0, 0.1) is 0 Å². The van der Waals surface area contributed by atoms with E-state index < -0.39 is 18.1 Å². The number of ether oxygens (including phenoxy) is 1. The summed E-state index contributed by atoms with van der Waals surface area (Å²) >= 11 is 6.20. The molecule has 5 rings (SSSR count). The number of carbonyl (C=O) groups is 2. The van der Waals surface area contributed by atoms with Gasteiger partial charge in [0.1, 0.15) is 5.75 Å². The van der Waals surface area contributed by atoms with Gasteiger partial charge in [0.05, 0.1) is 24.5 Å². The van der Waals surface area contributed by atoms with Crippen LogP contribution in [-0.2, 0) is 9.59 Å². The van der Waals surface area contributed by atoms with E-state index in [0.29, 0.717) is 28.3 Å². The van der Waals surface area contributed by atoms with Crippen molar-refractivity contribution < 1.29 is 27.5 Å². The first-order chi connectivity index (χ1) is 17.7. The van der Waals surface area contributed by atoms with Gasteiger partial charge in [-0.15, -0.1) is 0 Å². The summed E-state index contributed by atoms with van der Waals surface area (Å²) in [7, 11) is 1.44. The number of allylic oxidation sites excluding steroid dienone is 1. The van der Waals surface area contributed by atoms with Gasteiger partial charge in [-0.2, -0.15) is 13.2 Å². The quantitative estimate of drug-likeness (QED) is 0.407. The zero-order valence-electron chi connectivity index (χ0n) is 19.7.